The zero-order chi connectivity index (χ0) is 7.94. The summed E-state index contributed by atoms with van der Waals surface area (Å²) in [5.41, 5.74) is 0. The molecule has 2 heteroatoms. The van der Waals surface area contributed by atoms with Gasteiger partial charge in [0.25, 0.3) is 0 Å². The first-order valence-corrected chi connectivity index (χ1v) is 5.32. The minimum atomic E-state index is 0.875. The summed E-state index contributed by atoms with van der Waals surface area (Å²) >= 11 is 2.10. The van der Waals surface area contributed by atoms with E-state index in [1.807, 2.05) is 13.0 Å². The van der Waals surface area contributed by atoms with Gasteiger partial charge >= 0.3 is 0 Å². The van der Waals surface area contributed by atoms with Crippen LogP contribution in [0, 0.1) is 0 Å². The minimum absolute atomic E-state index is 0.875. The Morgan fingerprint density at radius 3 is 3.18 bits per heavy atom. The summed E-state index contributed by atoms with van der Waals surface area (Å²) in [6, 6.07) is 0. The van der Waals surface area contributed by atoms with E-state index in [4.69, 9.17) is 4.74 Å². The summed E-state index contributed by atoms with van der Waals surface area (Å²) < 4.78 is 5.25. The summed E-state index contributed by atoms with van der Waals surface area (Å²) in [6.07, 6.45) is 7.72. The molecule has 0 aliphatic carbocycles. The molecule has 0 spiro atoms. The minimum Gasteiger partial charge on any atom is -0.502 e. The molecule has 0 bridgehead atoms. The standard InChI is InChI=1S/C9H16OS/c1-2-6-10-7-5-9-4-3-8-11-9/h2,6,9H,3-5,7-8H2,1H3/b6-2+. The first-order chi connectivity index (χ1) is 5.43. The van der Waals surface area contributed by atoms with Crippen LogP contribution in [-0.2, 0) is 4.74 Å². The Labute approximate surface area is 73.2 Å². The highest BCUT2D eigenvalue weighted by molar-refractivity contribution is 8.00. The van der Waals surface area contributed by atoms with Crippen LogP contribution in [0.3, 0.4) is 0 Å². The number of allylic oxidation sites excluding steroid dienone is 1. The molecule has 0 amide bonds. The van der Waals surface area contributed by atoms with E-state index >= 15 is 0 Å². The van der Waals surface area contributed by atoms with Crippen molar-refractivity contribution < 1.29 is 4.74 Å². The Morgan fingerprint density at radius 2 is 2.55 bits per heavy atom. The van der Waals surface area contributed by atoms with Crippen molar-refractivity contribution in [2.45, 2.75) is 31.4 Å². The SMILES string of the molecule is C/C=C/OCCC1CCCS1. The second kappa shape index (κ2) is 5.53. The molecule has 1 rings (SSSR count). The Morgan fingerprint density at radius 1 is 1.64 bits per heavy atom. The van der Waals surface area contributed by atoms with Crippen molar-refractivity contribution in [1.29, 1.82) is 0 Å². The third kappa shape index (κ3) is 3.71. The zero-order valence-electron chi connectivity index (χ0n) is 7.08. The molecular formula is C9H16OS. The van der Waals surface area contributed by atoms with Crippen LogP contribution in [0.1, 0.15) is 26.2 Å². The van der Waals surface area contributed by atoms with Crippen LogP contribution in [-0.4, -0.2) is 17.6 Å². The van der Waals surface area contributed by atoms with Crippen LogP contribution in [0.2, 0.25) is 0 Å². The van der Waals surface area contributed by atoms with Gasteiger partial charge in [0, 0.05) is 5.25 Å². The third-order valence-electron chi connectivity index (χ3n) is 1.81. The highest BCUT2D eigenvalue weighted by Gasteiger charge is 2.14. The Bertz CT molecular complexity index is 117. The van der Waals surface area contributed by atoms with Gasteiger partial charge in [0.05, 0.1) is 12.9 Å². The largest absolute Gasteiger partial charge is 0.502 e. The molecule has 0 saturated carbocycles. The number of thioether (sulfide) groups is 1. The van der Waals surface area contributed by atoms with E-state index < -0.39 is 0 Å². The lowest BCUT2D eigenvalue weighted by atomic mass is 10.2. The smallest absolute Gasteiger partial charge is 0.0883 e. The molecule has 1 aliphatic heterocycles. The zero-order valence-corrected chi connectivity index (χ0v) is 7.90. The molecule has 1 atom stereocenters. The molecule has 1 unspecified atom stereocenters. The van der Waals surface area contributed by atoms with E-state index in [1.165, 1.54) is 25.0 Å². The second-order valence-electron chi connectivity index (χ2n) is 2.76. The molecule has 1 saturated heterocycles. The van der Waals surface area contributed by atoms with Gasteiger partial charge in [0.2, 0.25) is 0 Å². The van der Waals surface area contributed by atoms with Crippen LogP contribution >= 0.6 is 11.8 Å². The van der Waals surface area contributed by atoms with Crippen molar-refractivity contribution in [3.05, 3.63) is 12.3 Å². The van der Waals surface area contributed by atoms with Gasteiger partial charge in [-0.15, -0.1) is 0 Å². The molecule has 1 nitrogen and oxygen atoms in total. The molecule has 1 fully saturated rings. The molecule has 0 N–H and O–H groups in total. The lowest BCUT2D eigenvalue weighted by molar-refractivity contribution is 0.243. The summed E-state index contributed by atoms with van der Waals surface area (Å²) in [5.74, 6) is 1.36. The second-order valence-corrected chi connectivity index (χ2v) is 4.17. The van der Waals surface area contributed by atoms with Gasteiger partial charge in [-0.3, -0.25) is 0 Å². The predicted molar refractivity (Wildman–Crippen MR) is 50.9 cm³/mol. The van der Waals surface area contributed by atoms with Crippen LogP contribution in [0.5, 0.6) is 0 Å². The predicted octanol–water partition coefficient (Wildman–Crippen LogP) is 2.82. The number of hydrogen-bond donors (Lipinski definition) is 0. The topological polar surface area (TPSA) is 9.23 Å². The van der Waals surface area contributed by atoms with E-state index in [1.54, 1.807) is 6.26 Å². The van der Waals surface area contributed by atoms with Crippen LogP contribution in [0.4, 0.5) is 0 Å². The third-order valence-corrected chi connectivity index (χ3v) is 3.28. The number of hydrogen-bond acceptors (Lipinski definition) is 2. The monoisotopic (exact) mass is 172 g/mol. The average Bonchev–Trinajstić information content (AvgIpc) is 2.50. The van der Waals surface area contributed by atoms with Crippen molar-refractivity contribution in [2.24, 2.45) is 0 Å². The normalized spacial score (nSPS) is 24.6. The molecular weight excluding hydrogens is 156 g/mol. The van der Waals surface area contributed by atoms with Gasteiger partial charge in [0.15, 0.2) is 0 Å². The summed E-state index contributed by atoms with van der Waals surface area (Å²) in [4.78, 5) is 0. The van der Waals surface area contributed by atoms with Crippen molar-refractivity contribution in [3.63, 3.8) is 0 Å². The van der Waals surface area contributed by atoms with Crippen LogP contribution in [0.15, 0.2) is 12.3 Å². The summed E-state index contributed by atoms with van der Waals surface area (Å²) in [5, 5.41) is 0.875. The maximum atomic E-state index is 5.25. The van der Waals surface area contributed by atoms with E-state index in [0.717, 1.165) is 11.9 Å². The van der Waals surface area contributed by atoms with Gasteiger partial charge < -0.3 is 4.74 Å². The van der Waals surface area contributed by atoms with Crippen molar-refractivity contribution in [1.82, 2.24) is 0 Å². The molecule has 0 aromatic rings. The maximum absolute atomic E-state index is 5.25. The Balaban J connectivity index is 1.93. The summed E-state index contributed by atoms with van der Waals surface area (Å²) in [7, 11) is 0. The highest BCUT2D eigenvalue weighted by Crippen LogP contribution is 2.28. The molecule has 64 valence electrons. The maximum Gasteiger partial charge on any atom is 0.0883 e. The van der Waals surface area contributed by atoms with E-state index in [0.29, 0.717) is 0 Å². The highest BCUT2D eigenvalue weighted by atomic mass is 32.2. The van der Waals surface area contributed by atoms with Crippen LogP contribution < -0.4 is 0 Å². The van der Waals surface area contributed by atoms with E-state index in [2.05, 4.69) is 11.8 Å². The number of rotatable bonds is 4. The van der Waals surface area contributed by atoms with Gasteiger partial charge in [-0.25, -0.2) is 0 Å². The van der Waals surface area contributed by atoms with Gasteiger partial charge in [-0.1, -0.05) is 6.08 Å². The molecule has 0 aromatic carbocycles. The van der Waals surface area contributed by atoms with Gasteiger partial charge in [-0.05, 0) is 31.9 Å². The van der Waals surface area contributed by atoms with Crippen molar-refractivity contribution >= 4 is 11.8 Å². The molecule has 0 aromatic heterocycles. The Hall–Kier alpha value is -0.110. The van der Waals surface area contributed by atoms with Crippen LogP contribution in [0.25, 0.3) is 0 Å². The molecule has 11 heavy (non-hydrogen) atoms. The van der Waals surface area contributed by atoms with E-state index in [9.17, 15) is 0 Å². The van der Waals surface area contributed by atoms with E-state index in [-0.39, 0.29) is 0 Å². The molecule has 0 radical (unpaired) electrons. The Kier molecular flexibility index (Phi) is 4.51. The van der Waals surface area contributed by atoms with Gasteiger partial charge in [-0.2, -0.15) is 11.8 Å². The lowest BCUT2D eigenvalue weighted by Gasteiger charge is -2.06. The summed E-state index contributed by atoms with van der Waals surface area (Å²) in [6.45, 7) is 2.87. The van der Waals surface area contributed by atoms with Crippen molar-refractivity contribution in [2.75, 3.05) is 12.4 Å². The quantitative estimate of drug-likeness (QED) is 0.476. The molecule has 1 heterocycles. The van der Waals surface area contributed by atoms with Gasteiger partial charge in [0.1, 0.15) is 0 Å². The first kappa shape index (κ1) is 8.98. The first-order valence-electron chi connectivity index (χ1n) is 4.28. The average molecular weight is 172 g/mol. The fourth-order valence-corrected chi connectivity index (χ4v) is 2.50. The van der Waals surface area contributed by atoms with Crippen molar-refractivity contribution in [3.8, 4) is 0 Å². The fourth-order valence-electron chi connectivity index (χ4n) is 1.24. The fraction of sp³-hybridized carbons (Fsp3) is 0.778. The molecule has 1 aliphatic rings. The lowest BCUT2D eigenvalue weighted by Crippen LogP contribution is -2.00. The number of ether oxygens (including phenoxy) is 1.